The molecule has 1 aliphatic rings. The molecule has 4 aromatic rings. The molecule has 1 amide bonds. The Bertz CT molecular complexity index is 1670. The van der Waals surface area contributed by atoms with Crippen molar-refractivity contribution in [2.75, 3.05) is 37.4 Å². The molecule has 1 aliphatic heterocycles. The number of hydrogen-bond acceptors (Lipinski definition) is 9. The molecule has 1 fully saturated rings. The van der Waals surface area contributed by atoms with E-state index in [2.05, 4.69) is 72.0 Å². The van der Waals surface area contributed by atoms with E-state index in [1.807, 2.05) is 12.1 Å². The average molecular weight is 662 g/mol. The van der Waals surface area contributed by atoms with E-state index in [1.165, 1.54) is 42.6 Å². The van der Waals surface area contributed by atoms with Gasteiger partial charge in [0.25, 0.3) is 0 Å². The Hall–Kier alpha value is -3.83. The minimum atomic E-state index is -0.479. The quantitative estimate of drug-likeness (QED) is 0.147. The van der Waals surface area contributed by atoms with Crippen molar-refractivity contribution in [3.8, 4) is 11.5 Å². The summed E-state index contributed by atoms with van der Waals surface area (Å²) in [5.74, 6) is 2.61. The Kier molecular flexibility index (Phi) is 10.7. The van der Waals surface area contributed by atoms with Crippen molar-refractivity contribution in [1.29, 1.82) is 0 Å². The minimum Gasteiger partial charge on any atom is -0.493 e. The van der Waals surface area contributed by atoms with Crippen LogP contribution in [-0.2, 0) is 11.2 Å². The predicted molar refractivity (Wildman–Crippen MR) is 187 cm³/mol. The fourth-order valence-corrected chi connectivity index (χ4v) is 7.70. The molecule has 1 saturated heterocycles. The van der Waals surface area contributed by atoms with Crippen LogP contribution in [0.5, 0.6) is 11.5 Å². The van der Waals surface area contributed by atoms with Crippen LogP contribution in [0.4, 0.5) is 21.0 Å². The number of aromatic nitrogens is 3. The number of para-hydroxylation sites is 1. The lowest BCUT2D eigenvalue weighted by atomic mass is 9.63. The minimum absolute atomic E-state index is 0.0672. The van der Waals surface area contributed by atoms with Crippen molar-refractivity contribution in [1.82, 2.24) is 19.9 Å². The molecule has 47 heavy (non-hydrogen) atoms. The molecule has 0 spiro atoms. The third-order valence-corrected chi connectivity index (χ3v) is 9.26. The highest BCUT2D eigenvalue weighted by atomic mass is 32.1. The van der Waals surface area contributed by atoms with Crippen LogP contribution in [0.1, 0.15) is 65.7 Å². The highest BCUT2D eigenvalue weighted by Gasteiger charge is 2.44. The smallest absolute Gasteiger partial charge is 0.229 e. The van der Waals surface area contributed by atoms with E-state index < -0.39 is 5.82 Å². The Balaban J connectivity index is 1.21. The zero-order chi connectivity index (χ0) is 33.8. The Morgan fingerprint density at radius 3 is 2.55 bits per heavy atom. The van der Waals surface area contributed by atoms with Crippen LogP contribution in [0.25, 0.3) is 10.9 Å². The molecule has 1 atom stereocenters. The monoisotopic (exact) mass is 661 g/mol. The molecule has 3 heterocycles. The van der Waals surface area contributed by atoms with E-state index in [0.29, 0.717) is 40.6 Å². The number of carbonyl (C=O) groups excluding carboxylic acids is 1. The number of hydrogen-bond donors (Lipinski definition) is 2. The van der Waals surface area contributed by atoms with Crippen LogP contribution in [0.2, 0.25) is 0 Å². The van der Waals surface area contributed by atoms with E-state index in [0.717, 1.165) is 29.8 Å². The van der Waals surface area contributed by atoms with Crippen molar-refractivity contribution in [3.05, 3.63) is 65.5 Å². The highest BCUT2D eigenvalue weighted by Crippen LogP contribution is 2.48. The zero-order valence-corrected chi connectivity index (χ0v) is 29.3. The molecular formula is C36H46FN6O3S. The molecule has 9 nitrogen and oxygen atoms in total. The summed E-state index contributed by atoms with van der Waals surface area (Å²) in [5.41, 5.74) is 1.15. The second kappa shape index (κ2) is 14.5. The predicted octanol–water partition coefficient (Wildman–Crippen LogP) is 8.06. The van der Waals surface area contributed by atoms with Gasteiger partial charge in [-0.25, -0.2) is 19.3 Å². The van der Waals surface area contributed by atoms with Gasteiger partial charge in [0, 0.05) is 41.0 Å². The number of benzene rings is 2. The molecule has 0 unspecified atom stereocenters. The first-order valence-corrected chi connectivity index (χ1v) is 17.0. The molecule has 0 bridgehead atoms. The van der Waals surface area contributed by atoms with Gasteiger partial charge >= 0.3 is 0 Å². The van der Waals surface area contributed by atoms with Crippen molar-refractivity contribution in [3.63, 3.8) is 0 Å². The van der Waals surface area contributed by atoms with Crippen molar-refractivity contribution in [2.24, 2.45) is 10.8 Å². The third kappa shape index (κ3) is 8.56. The number of carbonyl (C=O) groups is 1. The van der Waals surface area contributed by atoms with Crippen LogP contribution in [0.15, 0.2) is 48.9 Å². The van der Waals surface area contributed by atoms with Gasteiger partial charge in [-0.2, -0.15) is 0 Å². The van der Waals surface area contributed by atoms with Gasteiger partial charge in [0.05, 0.1) is 31.3 Å². The summed E-state index contributed by atoms with van der Waals surface area (Å²) < 4.78 is 25.9. The van der Waals surface area contributed by atoms with E-state index in [-0.39, 0.29) is 28.8 Å². The second-order valence-electron chi connectivity index (χ2n) is 14.0. The summed E-state index contributed by atoms with van der Waals surface area (Å²) in [7, 11) is 1.62. The molecule has 1 radical (unpaired) electrons. The average Bonchev–Trinajstić information content (AvgIpc) is 3.63. The topological polar surface area (TPSA) is 102 Å². The lowest BCUT2D eigenvalue weighted by Gasteiger charge is -2.46. The van der Waals surface area contributed by atoms with Crippen LogP contribution in [0, 0.1) is 22.6 Å². The maximum atomic E-state index is 13.9. The van der Waals surface area contributed by atoms with Crippen molar-refractivity contribution >= 4 is 44.8 Å². The number of nitrogens with one attached hydrogen (secondary N) is 2. The third-order valence-electron chi connectivity index (χ3n) is 8.34. The fraction of sp³-hybridized carbons (Fsp3) is 0.472. The van der Waals surface area contributed by atoms with Gasteiger partial charge in [-0.1, -0.05) is 53.7 Å². The maximum Gasteiger partial charge on any atom is 0.229 e. The number of anilines is 3. The van der Waals surface area contributed by atoms with Crippen LogP contribution < -0.4 is 20.1 Å². The fourth-order valence-electron chi connectivity index (χ4n) is 6.89. The van der Waals surface area contributed by atoms with Crippen LogP contribution in [0.3, 0.4) is 0 Å². The molecule has 0 saturated carbocycles. The normalized spacial score (nSPS) is 15.7. The number of rotatable bonds is 12. The maximum absolute atomic E-state index is 13.9. The lowest BCUT2D eigenvalue weighted by Crippen LogP contribution is -2.46. The van der Waals surface area contributed by atoms with E-state index in [1.54, 1.807) is 31.4 Å². The molecule has 5 rings (SSSR count). The SMILES string of the molecule is COc1cc2c(Nc3ncc(CC(=O)Nc4ccccc4F)s3)ncnc2cc1OCCCN1CCC[C@H]1[C](C(C)(C)C)C(C)(C)C. The van der Waals surface area contributed by atoms with E-state index in [4.69, 9.17) is 9.47 Å². The largest absolute Gasteiger partial charge is 0.493 e. The number of ether oxygens (including phenoxy) is 2. The van der Waals surface area contributed by atoms with E-state index in [9.17, 15) is 9.18 Å². The highest BCUT2D eigenvalue weighted by molar-refractivity contribution is 7.15. The van der Waals surface area contributed by atoms with Crippen molar-refractivity contribution in [2.45, 2.75) is 73.3 Å². The number of amides is 1. The number of thiazole rings is 1. The number of methoxy groups -OCH3 is 1. The van der Waals surface area contributed by atoms with Crippen LogP contribution in [-0.4, -0.2) is 58.6 Å². The summed E-state index contributed by atoms with van der Waals surface area (Å²) >= 11 is 1.32. The zero-order valence-electron chi connectivity index (χ0n) is 28.4. The Morgan fingerprint density at radius 1 is 1.06 bits per heavy atom. The van der Waals surface area contributed by atoms with E-state index >= 15 is 0 Å². The van der Waals surface area contributed by atoms with Crippen LogP contribution >= 0.6 is 11.3 Å². The molecule has 251 valence electrons. The number of halogens is 1. The van der Waals surface area contributed by atoms with Crippen molar-refractivity contribution < 1.29 is 18.7 Å². The van der Waals surface area contributed by atoms with Gasteiger partial charge in [-0.05, 0) is 54.8 Å². The summed E-state index contributed by atoms with van der Waals surface area (Å²) in [6, 6.07) is 10.3. The van der Waals surface area contributed by atoms with Gasteiger partial charge in [-0.3, -0.25) is 9.69 Å². The number of nitrogens with zero attached hydrogens (tertiary/aromatic N) is 4. The van der Waals surface area contributed by atoms with Gasteiger partial charge in [-0.15, -0.1) is 11.3 Å². The molecule has 2 N–H and O–H groups in total. The lowest BCUT2D eigenvalue weighted by molar-refractivity contribution is -0.115. The second-order valence-corrected chi connectivity index (χ2v) is 15.1. The van der Waals surface area contributed by atoms with Gasteiger partial charge in [0.1, 0.15) is 18.0 Å². The summed E-state index contributed by atoms with van der Waals surface area (Å²) in [4.78, 5) is 29.2. The number of fused-ring (bicyclic) bond motifs is 1. The Labute approximate surface area is 281 Å². The van der Waals surface area contributed by atoms with Gasteiger partial charge in [0.15, 0.2) is 16.6 Å². The summed E-state index contributed by atoms with van der Waals surface area (Å²) in [6.07, 6.45) is 6.52. The molecule has 2 aromatic heterocycles. The summed E-state index contributed by atoms with van der Waals surface area (Å²) in [6.45, 7) is 16.7. The first-order valence-electron chi connectivity index (χ1n) is 16.2. The van der Waals surface area contributed by atoms with Gasteiger partial charge in [0.2, 0.25) is 5.91 Å². The molecule has 2 aromatic carbocycles. The first-order chi connectivity index (χ1) is 22.3. The Morgan fingerprint density at radius 2 is 1.83 bits per heavy atom. The summed E-state index contributed by atoms with van der Waals surface area (Å²) in [5, 5.41) is 7.17. The molecule has 0 aliphatic carbocycles. The van der Waals surface area contributed by atoms with Gasteiger partial charge < -0.3 is 20.1 Å². The molecule has 11 heteroatoms. The standard InChI is InChI=1S/C36H46FN6O3S/c1-35(2,3)32(36(4,5)6)28-14-10-15-43(28)16-11-17-46-30-20-27-24(19-29(30)45-7)33(40-22-39-27)42-34-38-21-23(47-34)18-31(44)41-26-13-9-8-12-25(26)37/h8-9,12-13,19-22,28H,10-11,14-18H2,1-7H3,(H,41,44)(H,38,39,40,42)/t28-/m0/s1. The first kappa shape index (κ1) is 34.5. The number of likely N-dealkylation sites (tertiary alicyclic amines) is 1. The molecular weight excluding hydrogens is 616 g/mol.